The van der Waals surface area contributed by atoms with Gasteiger partial charge in [0.1, 0.15) is 11.9 Å². The van der Waals surface area contributed by atoms with Crippen LogP contribution in [0.15, 0.2) is 18.7 Å². The summed E-state index contributed by atoms with van der Waals surface area (Å²) in [5, 5.41) is 2.59. The molecule has 0 saturated carbocycles. The van der Waals surface area contributed by atoms with Crippen LogP contribution in [0.25, 0.3) is 0 Å². The van der Waals surface area contributed by atoms with Gasteiger partial charge in [0.2, 0.25) is 5.91 Å². The molecule has 1 amide bonds. The van der Waals surface area contributed by atoms with Crippen molar-refractivity contribution in [3.63, 3.8) is 0 Å². The number of rotatable bonds is 4. The maximum atomic E-state index is 11.5. The van der Waals surface area contributed by atoms with Gasteiger partial charge in [0.15, 0.2) is 0 Å². The zero-order valence-electron chi connectivity index (χ0n) is 10.8. The number of nitrogens with zero attached hydrogens (tertiary/aromatic N) is 2. The Kier molecular flexibility index (Phi) is 4.76. The molecule has 6 heteroatoms. The number of amides is 1. The van der Waals surface area contributed by atoms with Crippen LogP contribution in [0.5, 0.6) is 0 Å². The fourth-order valence-electron chi connectivity index (χ4n) is 1.20. The van der Waals surface area contributed by atoms with Crippen LogP contribution in [0.2, 0.25) is 0 Å². The molecular formula is C12H17N3O3. The SMILES string of the molecule is CC(C)(C)OC(=O)CCC(=O)Nc1cncnc1. The Balaban J connectivity index is 2.32. The first-order chi connectivity index (χ1) is 8.37. The maximum absolute atomic E-state index is 11.5. The number of carbonyl (C=O) groups is 2. The van der Waals surface area contributed by atoms with Crippen molar-refractivity contribution < 1.29 is 14.3 Å². The first-order valence-corrected chi connectivity index (χ1v) is 5.63. The van der Waals surface area contributed by atoms with Crippen molar-refractivity contribution in [2.45, 2.75) is 39.2 Å². The van der Waals surface area contributed by atoms with Crippen molar-refractivity contribution in [3.8, 4) is 0 Å². The standard InChI is InChI=1S/C12H17N3O3/c1-12(2,3)18-11(17)5-4-10(16)15-9-6-13-8-14-7-9/h6-8H,4-5H2,1-3H3,(H,15,16). The maximum Gasteiger partial charge on any atom is 0.306 e. The van der Waals surface area contributed by atoms with Gasteiger partial charge >= 0.3 is 5.97 Å². The molecule has 98 valence electrons. The van der Waals surface area contributed by atoms with E-state index < -0.39 is 5.60 Å². The summed E-state index contributed by atoms with van der Waals surface area (Å²) in [6.07, 6.45) is 4.47. The zero-order chi connectivity index (χ0) is 13.6. The number of aromatic nitrogens is 2. The number of hydrogen-bond acceptors (Lipinski definition) is 5. The highest BCUT2D eigenvalue weighted by molar-refractivity contribution is 5.92. The summed E-state index contributed by atoms with van der Waals surface area (Å²) in [5.74, 6) is -0.655. The van der Waals surface area contributed by atoms with E-state index >= 15 is 0 Å². The Bertz CT molecular complexity index is 412. The molecule has 0 spiro atoms. The molecule has 0 bridgehead atoms. The monoisotopic (exact) mass is 251 g/mol. The summed E-state index contributed by atoms with van der Waals surface area (Å²) in [4.78, 5) is 30.4. The fourth-order valence-corrected chi connectivity index (χ4v) is 1.20. The first kappa shape index (κ1) is 14.1. The van der Waals surface area contributed by atoms with Gasteiger partial charge < -0.3 is 10.1 Å². The van der Waals surface area contributed by atoms with Crippen LogP contribution in [-0.2, 0) is 14.3 Å². The molecule has 1 N–H and O–H groups in total. The summed E-state index contributed by atoms with van der Waals surface area (Å²) < 4.78 is 5.09. The van der Waals surface area contributed by atoms with E-state index in [1.54, 1.807) is 20.8 Å². The minimum absolute atomic E-state index is 0.0524. The lowest BCUT2D eigenvalue weighted by Crippen LogP contribution is -2.24. The Morgan fingerprint density at radius 2 is 1.83 bits per heavy atom. The minimum atomic E-state index is -0.527. The van der Waals surface area contributed by atoms with E-state index in [0.29, 0.717) is 5.69 Å². The lowest BCUT2D eigenvalue weighted by Gasteiger charge is -2.19. The highest BCUT2D eigenvalue weighted by Crippen LogP contribution is 2.09. The Morgan fingerprint density at radius 3 is 2.39 bits per heavy atom. The van der Waals surface area contributed by atoms with Gasteiger partial charge in [0.25, 0.3) is 0 Å². The Morgan fingerprint density at radius 1 is 1.22 bits per heavy atom. The Labute approximate surface area is 106 Å². The molecule has 0 aliphatic rings. The van der Waals surface area contributed by atoms with Gasteiger partial charge in [0.05, 0.1) is 24.5 Å². The molecule has 1 aromatic rings. The van der Waals surface area contributed by atoms with Gasteiger partial charge in [-0.05, 0) is 20.8 Å². The van der Waals surface area contributed by atoms with Gasteiger partial charge in [-0.1, -0.05) is 0 Å². The number of anilines is 1. The molecule has 0 fully saturated rings. The van der Waals surface area contributed by atoms with E-state index in [1.807, 2.05) is 0 Å². The fraction of sp³-hybridized carbons (Fsp3) is 0.500. The van der Waals surface area contributed by atoms with Crippen molar-refractivity contribution in [3.05, 3.63) is 18.7 Å². The smallest absolute Gasteiger partial charge is 0.306 e. The third kappa shape index (κ3) is 5.93. The summed E-state index contributed by atoms with van der Waals surface area (Å²) in [7, 11) is 0. The quantitative estimate of drug-likeness (QED) is 0.821. The lowest BCUT2D eigenvalue weighted by molar-refractivity contribution is -0.155. The molecule has 1 aromatic heterocycles. The van der Waals surface area contributed by atoms with Crippen molar-refractivity contribution in [2.75, 3.05) is 5.32 Å². The van der Waals surface area contributed by atoms with Crippen LogP contribution >= 0.6 is 0 Å². The van der Waals surface area contributed by atoms with E-state index in [2.05, 4.69) is 15.3 Å². The Hall–Kier alpha value is -1.98. The molecule has 0 atom stereocenters. The largest absolute Gasteiger partial charge is 0.460 e. The van der Waals surface area contributed by atoms with E-state index in [9.17, 15) is 9.59 Å². The van der Waals surface area contributed by atoms with E-state index in [0.717, 1.165) is 0 Å². The third-order valence-electron chi connectivity index (χ3n) is 1.82. The van der Waals surface area contributed by atoms with Gasteiger partial charge in [-0.3, -0.25) is 9.59 Å². The number of ether oxygens (including phenoxy) is 1. The number of hydrogen-bond donors (Lipinski definition) is 1. The molecule has 0 saturated heterocycles. The van der Waals surface area contributed by atoms with Crippen molar-refractivity contribution >= 4 is 17.6 Å². The summed E-state index contributed by atoms with van der Waals surface area (Å²) in [5.41, 5.74) is -0.0208. The molecule has 0 aromatic carbocycles. The van der Waals surface area contributed by atoms with Crippen LogP contribution in [0.1, 0.15) is 33.6 Å². The second-order valence-electron chi connectivity index (χ2n) is 4.76. The molecule has 1 rings (SSSR count). The number of esters is 1. The first-order valence-electron chi connectivity index (χ1n) is 5.63. The van der Waals surface area contributed by atoms with Crippen molar-refractivity contribution in [1.82, 2.24) is 9.97 Å². The van der Waals surface area contributed by atoms with E-state index in [-0.39, 0.29) is 24.7 Å². The van der Waals surface area contributed by atoms with Crippen LogP contribution in [0.4, 0.5) is 5.69 Å². The molecule has 0 aliphatic carbocycles. The predicted octanol–water partition coefficient (Wildman–Crippen LogP) is 1.54. The van der Waals surface area contributed by atoms with Gasteiger partial charge in [-0.25, -0.2) is 9.97 Å². The van der Waals surface area contributed by atoms with Crippen LogP contribution in [-0.4, -0.2) is 27.4 Å². The molecule has 0 aliphatic heterocycles. The predicted molar refractivity (Wildman–Crippen MR) is 65.7 cm³/mol. The molecule has 1 heterocycles. The lowest BCUT2D eigenvalue weighted by atomic mass is 10.2. The van der Waals surface area contributed by atoms with E-state index in [4.69, 9.17) is 4.74 Å². The number of nitrogens with one attached hydrogen (secondary N) is 1. The second kappa shape index (κ2) is 6.09. The van der Waals surface area contributed by atoms with Gasteiger partial charge in [0, 0.05) is 6.42 Å². The zero-order valence-corrected chi connectivity index (χ0v) is 10.8. The van der Waals surface area contributed by atoms with Gasteiger partial charge in [-0.2, -0.15) is 0 Å². The van der Waals surface area contributed by atoms with Crippen LogP contribution < -0.4 is 5.32 Å². The summed E-state index contributed by atoms with van der Waals surface area (Å²) in [6.45, 7) is 5.35. The highest BCUT2D eigenvalue weighted by atomic mass is 16.6. The average molecular weight is 251 g/mol. The second-order valence-corrected chi connectivity index (χ2v) is 4.76. The van der Waals surface area contributed by atoms with Crippen molar-refractivity contribution in [2.24, 2.45) is 0 Å². The summed E-state index contributed by atoms with van der Waals surface area (Å²) in [6, 6.07) is 0. The van der Waals surface area contributed by atoms with E-state index in [1.165, 1.54) is 18.7 Å². The normalized spacial score (nSPS) is 10.8. The third-order valence-corrected chi connectivity index (χ3v) is 1.82. The molecule has 18 heavy (non-hydrogen) atoms. The number of carbonyl (C=O) groups excluding carboxylic acids is 2. The summed E-state index contributed by atoms with van der Waals surface area (Å²) >= 11 is 0. The average Bonchev–Trinajstić information content (AvgIpc) is 2.25. The minimum Gasteiger partial charge on any atom is -0.460 e. The highest BCUT2D eigenvalue weighted by Gasteiger charge is 2.17. The van der Waals surface area contributed by atoms with Gasteiger partial charge in [-0.15, -0.1) is 0 Å². The van der Waals surface area contributed by atoms with Crippen molar-refractivity contribution in [1.29, 1.82) is 0 Å². The molecule has 6 nitrogen and oxygen atoms in total. The topological polar surface area (TPSA) is 81.2 Å². The van der Waals surface area contributed by atoms with Crippen LogP contribution in [0.3, 0.4) is 0 Å². The molecule has 0 radical (unpaired) electrons. The van der Waals surface area contributed by atoms with Crippen LogP contribution in [0, 0.1) is 0 Å². The molecular weight excluding hydrogens is 234 g/mol. The molecule has 0 unspecified atom stereocenters.